The van der Waals surface area contributed by atoms with E-state index in [-0.39, 0.29) is 12.1 Å². The number of benzene rings is 1. The highest BCUT2D eigenvalue weighted by Crippen LogP contribution is 2.40. The SMILES string of the molecule is CCNC(=O)N[C@H]1CCN(c2cccc3c2OCCO3)C1. The summed E-state index contributed by atoms with van der Waals surface area (Å²) in [6, 6.07) is 6.02. The van der Waals surface area contributed by atoms with Gasteiger partial charge in [-0.25, -0.2) is 4.79 Å². The first kappa shape index (κ1) is 13.9. The topological polar surface area (TPSA) is 62.8 Å². The minimum Gasteiger partial charge on any atom is -0.486 e. The predicted octanol–water partition coefficient (Wildman–Crippen LogP) is 1.36. The molecule has 0 saturated carbocycles. The van der Waals surface area contributed by atoms with Gasteiger partial charge < -0.3 is 25.0 Å². The van der Waals surface area contributed by atoms with Gasteiger partial charge in [-0.2, -0.15) is 0 Å². The molecule has 0 spiro atoms. The number of hydrogen-bond acceptors (Lipinski definition) is 4. The van der Waals surface area contributed by atoms with Crippen molar-refractivity contribution in [3.8, 4) is 11.5 Å². The standard InChI is InChI=1S/C15H21N3O3/c1-2-16-15(19)17-11-6-7-18(10-11)12-4-3-5-13-14(12)21-9-8-20-13/h3-5,11H,2,6-10H2,1H3,(H2,16,17,19)/t11-/m0/s1. The van der Waals surface area contributed by atoms with Crippen LogP contribution < -0.4 is 25.0 Å². The third-order valence-electron chi connectivity index (χ3n) is 3.75. The highest BCUT2D eigenvalue weighted by atomic mass is 16.6. The number of amides is 2. The summed E-state index contributed by atoms with van der Waals surface area (Å²) in [5, 5.41) is 5.76. The molecule has 2 N–H and O–H groups in total. The third kappa shape index (κ3) is 2.99. The Bertz CT molecular complexity index is 521. The van der Waals surface area contributed by atoms with Crippen molar-refractivity contribution in [3.05, 3.63) is 18.2 Å². The monoisotopic (exact) mass is 291 g/mol. The molecule has 2 amide bonds. The van der Waals surface area contributed by atoms with Gasteiger partial charge in [0.25, 0.3) is 0 Å². The Morgan fingerprint density at radius 2 is 2.24 bits per heavy atom. The van der Waals surface area contributed by atoms with Gasteiger partial charge in [0.1, 0.15) is 13.2 Å². The highest BCUT2D eigenvalue weighted by molar-refractivity contribution is 5.74. The maximum absolute atomic E-state index is 11.6. The molecule has 0 unspecified atom stereocenters. The van der Waals surface area contributed by atoms with Gasteiger partial charge in [-0.1, -0.05) is 6.07 Å². The van der Waals surface area contributed by atoms with Crippen LogP contribution in [0.5, 0.6) is 11.5 Å². The molecule has 2 aliphatic rings. The van der Waals surface area contributed by atoms with Gasteiger partial charge in [0, 0.05) is 25.7 Å². The molecule has 0 aromatic heterocycles. The largest absolute Gasteiger partial charge is 0.486 e. The minimum atomic E-state index is -0.0981. The fourth-order valence-corrected chi connectivity index (χ4v) is 2.80. The first-order chi connectivity index (χ1) is 10.3. The van der Waals surface area contributed by atoms with Crippen molar-refractivity contribution in [1.29, 1.82) is 0 Å². The first-order valence-electron chi connectivity index (χ1n) is 7.46. The van der Waals surface area contributed by atoms with Gasteiger partial charge in [0.15, 0.2) is 11.5 Å². The van der Waals surface area contributed by atoms with Crippen molar-refractivity contribution < 1.29 is 14.3 Å². The van der Waals surface area contributed by atoms with Gasteiger partial charge in [0.2, 0.25) is 0 Å². The van der Waals surface area contributed by atoms with E-state index in [1.165, 1.54) is 0 Å². The van der Waals surface area contributed by atoms with E-state index in [0.717, 1.165) is 36.7 Å². The highest BCUT2D eigenvalue weighted by Gasteiger charge is 2.27. The molecule has 0 radical (unpaired) electrons. The Hall–Kier alpha value is -2.11. The summed E-state index contributed by atoms with van der Waals surface area (Å²) in [7, 11) is 0. The smallest absolute Gasteiger partial charge is 0.315 e. The molecule has 2 heterocycles. The summed E-state index contributed by atoms with van der Waals surface area (Å²) >= 11 is 0. The Morgan fingerprint density at radius 1 is 1.38 bits per heavy atom. The normalized spacial score (nSPS) is 20.2. The fraction of sp³-hybridized carbons (Fsp3) is 0.533. The zero-order valence-electron chi connectivity index (χ0n) is 12.2. The summed E-state index contributed by atoms with van der Waals surface area (Å²) in [4.78, 5) is 13.8. The lowest BCUT2D eigenvalue weighted by Gasteiger charge is -2.26. The van der Waals surface area contributed by atoms with Crippen molar-refractivity contribution in [3.63, 3.8) is 0 Å². The number of carbonyl (C=O) groups is 1. The molecular formula is C15H21N3O3. The summed E-state index contributed by atoms with van der Waals surface area (Å²) in [6.45, 7) is 5.41. The Kier molecular flexibility index (Phi) is 4.03. The Morgan fingerprint density at radius 3 is 3.10 bits per heavy atom. The van der Waals surface area contributed by atoms with Crippen LogP contribution in [0, 0.1) is 0 Å². The lowest BCUT2D eigenvalue weighted by Crippen LogP contribution is -2.43. The van der Waals surface area contributed by atoms with Crippen LogP contribution in [-0.4, -0.2) is 44.9 Å². The molecular weight excluding hydrogens is 270 g/mol. The van der Waals surface area contributed by atoms with E-state index in [9.17, 15) is 4.79 Å². The number of urea groups is 1. The van der Waals surface area contributed by atoms with Crippen LogP contribution in [-0.2, 0) is 0 Å². The molecule has 1 aromatic carbocycles. The molecule has 0 bridgehead atoms. The van der Waals surface area contributed by atoms with Crippen LogP contribution in [0.3, 0.4) is 0 Å². The quantitative estimate of drug-likeness (QED) is 0.882. The predicted molar refractivity (Wildman–Crippen MR) is 80.3 cm³/mol. The maximum atomic E-state index is 11.6. The van der Waals surface area contributed by atoms with Gasteiger partial charge in [-0.3, -0.25) is 0 Å². The average Bonchev–Trinajstić information content (AvgIpc) is 2.95. The van der Waals surface area contributed by atoms with Crippen LogP contribution >= 0.6 is 0 Å². The van der Waals surface area contributed by atoms with Crippen LogP contribution in [0.1, 0.15) is 13.3 Å². The molecule has 114 valence electrons. The van der Waals surface area contributed by atoms with Gasteiger partial charge in [-0.05, 0) is 25.5 Å². The van der Waals surface area contributed by atoms with E-state index in [1.807, 2.05) is 25.1 Å². The molecule has 1 saturated heterocycles. The van der Waals surface area contributed by atoms with E-state index in [2.05, 4.69) is 15.5 Å². The lowest BCUT2D eigenvalue weighted by molar-refractivity contribution is 0.172. The lowest BCUT2D eigenvalue weighted by atomic mass is 10.2. The molecule has 6 nitrogen and oxygen atoms in total. The maximum Gasteiger partial charge on any atom is 0.315 e. The number of nitrogens with zero attached hydrogens (tertiary/aromatic N) is 1. The van der Waals surface area contributed by atoms with Crippen LogP contribution in [0.15, 0.2) is 18.2 Å². The minimum absolute atomic E-state index is 0.0981. The van der Waals surface area contributed by atoms with Crippen molar-refractivity contribution >= 4 is 11.7 Å². The summed E-state index contributed by atoms with van der Waals surface area (Å²) in [5.41, 5.74) is 1.05. The van der Waals surface area contributed by atoms with Crippen molar-refractivity contribution in [1.82, 2.24) is 10.6 Å². The Balaban J connectivity index is 1.68. The zero-order chi connectivity index (χ0) is 14.7. The second-order valence-corrected chi connectivity index (χ2v) is 5.24. The number of carbonyl (C=O) groups excluding carboxylic acids is 1. The summed E-state index contributed by atoms with van der Waals surface area (Å²) in [6.07, 6.45) is 0.932. The number of ether oxygens (including phenoxy) is 2. The van der Waals surface area contributed by atoms with Gasteiger partial charge in [-0.15, -0.1) is 0 Å². The van der Waals surface area contributed by atoms with E-state index < -0.39 is 0 Å². The first-order valence-corrected chi connectivity index (χ1v) is 7.46. The van der Waals surface area contributed by atoms with Crippen LogP contribution in [0.4, 0.5) is 10.5 Å². The second-order valence-electron chi connectivity index (χ2n) is 5.24. The molecule has 6 heteroatoms. The molecule has 21 heavy (non-hydrogen) atoms. The third-order valence-corrected chi connectivity index (χ3v) is 3.75. The zero-order valence-corrected chi connectivity index (χ0v) is 12.2. The molecule has 1 fully saturated rings. The van der Waals surface area contributed by atoms with Crippen LogP contribution in [0.25, 0.3) is 0 Å². The van der Waals surface area contributed by atoms with E-state index in [0.29, 0.717) is 19.8 Å². The van der Waals surface area contributed by atoms with Gasteiger partial charge in [0.05, 0.1) is 5.69 Å². The molecule has 1 atom stereocenters. The van der Waals surface area contributed by atoms with E-state index >= 15 is 0 Å². The molecule has 0 aliphatic carbocycles. The number of nitrogens with one attached hydrogen (secondary N) is 2. The summed E-state index contributed by atoms with van der Waals surface area (Å²) in [5.74, 6) is 1.63. The number of rotatable bonds is 3. The van der Waals surface area contributed by atoms with Crippen molar-refractivity contribution in [2.75, 3.05) is 37.7 Å². The van der Waals surface area contributed by atoms with Crippen LogP contribution in [0.2, 0.25) is 0 Å². The number of para-hydroxylation sites is 1. The van der Waals surface area contributed by atoms with Crippen molar-refractivity contribution in [2.24, 2.45) is 0 Å². The van der Waals surface area contributed by atoms with E-state index in [4.69, 9.17) is 9.47 Å². The number of hydrogen-bond donors (Lipinski definition) is 2. The number of fused-ring (bicyclic) bond motifs is 1. The number of anilines is 1. The van der Waals surface area contributed by atoms with Gasteiger partial charge >= 0.3 is 6.03 Å². The summed E-state index contributed by atoms with van der Waals surface area (Å²) < 4.78 is 11.4. The van der Waals surface area contributed by atoms with E-state index in [1.54, 1.807) is 0 Å². The Labute approximate surface area is 124 Å². The second kappa shape index (κ2) is 6.11. The molecule has 2 aliphatic heterocycles. The molecule has 3 rings (SSSR count). The molecule has 1 aromatic rings. The fourth-order valence-electron chi connectivity index (χ4n) is 2.80. The van der Waals surface area contributed by atoms with Crippen molar-refractivity contribution in [2.45, 2.75) is 19.4 Å². The average molecular weight is 291 g/mol.